The number of hydrogen-bond acceptors (Lipinski definition) is 0. The van der Waals surface area contributed by atoms with Crippen LogP contribution in [0.25, 0.3) is 0 Å². The Balaban J connectivity index is 0.000000437. The Labute approximate surface area is 107 Å². The molecule has 0 fully saturated rings. The van der Waals surface area contributed by atoms with Crippen LogP contribution in [-0.2, 0) is 0 Å². The fraction of sp³-hybridized carbons (Fsp3) is 0.412. The third-order valence-electron chi connectivity index (χ3n) is 2.45. The van der Waals surface area contributed by atoms with Gasteiger partial charge in [0.05, 0.1) is 0 Å². The third-order valence-corrected chi connectivity index (χ3v) is 2.45. The van der Waals surface area contributed by atoms with Gasteiger partial charge in [-0.1, -0.05) is 74.1 Å². The second-order valence-electron chi connectivity index (χ2n) is 4.28. The van der Waals surface area contributed by atoms with Crippen molar-refractivity contribution in [1.29, 1.82) is 0 Å². The van der Waals surface area contributed by atoms with Crippen molar-refractivity contribution in [2.45, 2.75) is 45.4 Å². The molecule has 0 heteroatoms. The molecule has 0 N–H and O–H groups in total. The fourth-order valence-corrected chi connectivity index (χ4v) is 1.36. The Morgan fingerprint density at radius 1 is 0.882 bits per heavy atom. The van der Waals surface area contributed by atoms with Crippen molar-refractivity contribution in [2.75, 3.05) is 0 Å². The van der Waals surface area contributed by atoms with Gasteiger partial charge in [0.25, 0.3) is 0 Å². The molecule has 0 aliphatic heterocycles. The zero-order valence-corrected chi connectivity index (χ0v) is 11.2. The second-order valence-corrected chi connectivity index (χ2v) is 4.28. The molecule has 0 aromatic heterocycles. The van der Waals surface area contributed by atoms with Crippen LogP contribution in [0.1, 0.15) is 45.4 Å². The summed E-state index contributed by atoms with van der Waals surface area (Å²) in [6.45, 7) is 8.93. The molecule has 0 saturated carbocycles. The van der Waals surface area contributed by atoms with Gasteiger partial charge in [0, 0.05) is 0 Å². The van der Waals surface area contributed by atoms with Crippen molar-refractivity contribution >= 4 is 0 Å². The molecule has 0 radical (unpaired) electrons. The molecule has 0 heterocycles. The van der Waals surface area contributed by atoms with E-state index in [0.717, 1.165) is 5.57 Å². The van der Waals surface area contributed by atoms with Gasteiger partial charge in [-0.05, 0) is 32.6 Å². The van der Waals surface area contributed by atoms with E-state index in [1.807, 2.05) is 6.92 Å². The summed E-state index contributed by atoms with van der Waals surface area (Å²) in [7, 11) is 0. The minimum atomic E-state index is 1.02. The average molecular weight is 230 g/mol. The van der Waals surface area contributed by atoms with Crippen LogP contribution >= 0.6 is 0 Å². The molecule has 1 rings (SSSR count). The molecule has 0 aromatic carbocycles. The molecule has 0 aromatic rings. The van der Waals surface area contributed by atoms with E-state index < -0.39 is 0 Å². The maximum absolute atomic E-state index is 3.56. The molecular weight excluding hydrogens is 204 g/mol. The van der Waals surface area contributed by atoms with E-state index in [1.165, 1.54) is 38.5 Å². The fourth-order valence-electron chi connectivity index (χ4n) is 1.36. The standard InChI is InChI=1S/C12H18.C5H8/c1-2-4-6-8-10-12-11-9-7-5-3-1;1-4-5(2)3/h1-6H,7-12H2;4H,1-2H2,3H3/b2-1?,5-3+,6-4?;. The third kappa shape index (κ3) is 14.7. The zero-order chi connectivity index (χ0) is 12.8. The summed E-state index contributed by atoms with van der Waals surface area (Å²) in [5, 5.41) is 0. The maximum Gasteiger partial charge on any atom is -0.0348 e. The molecule has 1 aliphatic rings. The van der Waals surface area contributed by atoms with Crippen LogP contribution in [0.2, 0.25) is 0 Å². The van der Waals surface area contributed by atoms with Crippen LogP contribution in [0, 0.1) is 0 Å². The zero-order valence-electron chi connectivity index (χ0n) is 11.2. The number of allylic oxidation sites excluding steroid dienone is 8. The smallest absolute Gasteiger partial charge is 0.0348 e. The summed E-state index contributed by atoms with van der Waals surface area (Å²) >= 11 is 0. The molecule has 0 nitrogen and oxygen atoms in total. The highest BCUT2D eigenvalue weighted by molar-refractivity contribution is 5.11. The van der Waals surface area contributed by atoms with E-state index in [9.17, 15) is 0 Å². The lowest BCUT2D eigenvalue weighted by atomic mass is 10.1. The van der Waals surface area contributed by atoms with E-state index in [1.54, 1.807) is 6.08 Å². The van der Waals surface area contributed by atoms with Crippen molar-refractivity contribution in [3.05, 3.63) is 61.3 Å². The quantitative estimate of drug-likeness (QED) is 0.502. The van der Waals surface area contributed by atoms with Crippen LogP contribution in [0.4, 0.5) is 0 Å². The summed E-state index contributed by atoms with van der Waals surface area (Å²) in [5.74, 6) is 0. The summed E-state index contributed by atoms with van der Waals surface area (Å²) in [6, 6.07) is 0. The van der Waals surface area contributed by atoms with Gasteiger partial charge in [0.2, 0.25) is 0 Å². The van der Waals surface area contributed by atoms with Crippen molar-refractivity contribution < 1.29 is 0 Å². The molecule has 0 atom stereocenters. The van der Waals surface area contributed by atoms with Gasteiger partial charge in [-0.25, -0.2) is 0 Å². The predicted molar refractivity (Wildman–Crippen MR) is 80.1 cm³/mol. The van der Waals surface area contributed by atoms with Gasteiger partial charge in [-0.15, -0.1) is 0 Å². The Morgan fingerprint density at radius 2 is 1.29 bits per heavy atom. The normalized spacial score (nSPS) is 17.9. The van der Waals surface area contributed by atoms with Crippen LogP contribution in [0.15, 0.2) is 61.3 Å². The first kappa shape index (κ1) is 15.7. The Kier molecular flexibility index (Phi) is 11.8. The molecule has 0 spiro atoms. The maximum atomic E-state index is 3.56. The van der Waals surface area contributed by atoms with Crippen LogP contribution < -0.4 is 0 Å². The van der Waals surface area contributed by atoms with Crippen molar-refractivity contribution in [3.63, 3.8) is 0 Å². The first-order chi connectivity index (χ1) is 8.27. The summed E-state index contributed by atoms with van der Waals surface area (Å²) < 4.78 is 0. The van der Waals surface area contributed by atoms with E-state index in [4.69, 9.17) is 0 Å². The van der Waals surface area contributed by atoms with E-state index in [0.29, 0.717) is 0 Å². The van der Waals surface area contributed by atoms with Gasteiger partial charge in [0.1, 0.15) is 0 Å². The SMILES string of the molecule is C1=C/C=C/CCCCCCC=C1.C=CC(=C)C. The lowest BCUT2D eigenvalue weighted by Gasteiger charge is -1.96. The van der Waals surface area contributed by atoms with E-state index in [2.05, 4.69) is 49.6 Å². The summed E-state index contributed by atoms with van der Waals surface area (Å²) in [4.78, 5) is 0. The highest BCUT2D eigenvalue weighted by Gasteiger charge is 1.87. The van der Waals surface area contributed by atoms with Gasteiger partial charge in [0.15, 0.2) is 0 Å². The highest BCUT2D eigenvalue weighted by Crippen LogP contribution is 2.07. The monoisotopic (exact) mass is 230 g/mol. The van der Waals surface area contributed by atoms with Gasteiger partial charge in [-0.3, -0.25) is 0 Å². The van der Waals surface area contributed by atoms with Crippen LogP contribution in [0.5, 0.6) is 0 Å². The first-order valence-electron chi connectivity index (χ1n) is 6.53. The van der Waals surface area contributed by atoms with Crippen molar-refractivity contribution in [3.8, 4) is 0 Å². The number of rotatable bonds is 1. The lowest BCUT2D eigenvalue weighted by molar-refractivity contribution is 0.652. The summed E-state index contributed by atoms with van der Waals surface area (Å²) in [6.07, 6.45) is 22.7. The molecule has 0 amide bonds. The molecular formula is C17H26. The molecule has 0 unspecified atom stereocenters. The van der Waals surface area contributed by atoms with Crippen molar-refractivity contribution in [1.82, 2.24) is 0 Å². The first-order valence-corrected chi connectivity index (χ1v) is 6.53. The largest absolute Gasteiger partial charge is 0.0988 e. The van der Waals surface area contributed by atoms with Crippen LogP contribution in [-0.4, -0.2) is 0 Å². The highest BCUT2D eigenvalue weighted by atomic mass is 13.9. The molecule has 1 aliphatic carbocycles. The Bertz CT molecular complexity index is 256. The van der Waals surface area contributed by atoms with Gasteiger partial charge >= 0.3 is 0 Å². The molecule has 17 heavy (non-hydrogen) atoms. The molecule has 0 bridgehead atoms. The Morgan fingerprint density at radius 3 is 1.65 bits per heavy atom. The second kappa shape index (κ2) is 12.8. The van der Waals surface area contributed by atoms with Gasteiger partial charge in [-0.2, -0.15) is 0 Å². The van der Waals surface area contributed by atoms with Crippen LogP contribution in [0.3, 0.4) is 0 Å². The molecule has 0 saturated heterocycles. The summed E-state index contributed by atoms with van der Waals surface area (Å²) in [5.41, 5.74) is 1.02. The van der Waals surface area contributed by atoms with E-state index in [-0.39, 0.29) is 0 Å². The lowest BCUT2D eigenvalue weighted by Crippen LogP contribution is -1.77. The van der Waals surface area contributed by atoms with Crippen molar-refractivity contribution in [2.24, 2.45) is 0 Å². The Hall–Kier alpha value is -1.30. The minimum absolute atomic E-state index is 1.02. The molecule has 94 valence electrons. The van der Waals surface area contributed by atoms with E-state index >= 15 is 0 Å². The minimum Gasteiger partial charge on any atom is -0.0988 e. The average Bonchev–Trinajstić information content (AvgIpc) is 2.30. The topological polar surface area (TPSA) is 0 Å². The van der Waals surface area contributed by atoms with Gasteiger partial charge < -0.3 is 0 Å². The predicted octanol–water partition coefficient (Wildman–Crippen LogP) is 5.76. The number of hydrogen-bond donors (Lipinski definition) is 0.